The molecule has 0 unspecified atom stereocenters. The van der Waals surface area contributed by atoms with Gasteiger partial charge in [-0.1, -0.05) is 6.92 Å². The minimum Gasteiger partial charge on any atom is -0.368 e. The molecular weight excluding hydrogens is 300 g/mol. The highest BCUT2D eigenvalue weighted by Crippen LogP contribution is 2.30. The maximum atomic E-state index is 5.85. The standard InChI is InChI=1S/C18H16N6/c1-2-13-8-16(24-18(19)23-13)15-10-22-17-14(15)7-12(9-21-17)11-3-5-20-6-4-11/h3-10H,2H2,1H3,(H,21,22)(H2,19,23,24). The van der Waals surface area contributed by atoms with E-state index in [1.165, 1.54) is 0 Å². The van der Waals surface area contributed by atoms with Crippen LogP contribution < -0.4 is 5.73 Å². The lowest BCUT2D eigenvalue weighted by atomic mass is 10.1. The summed E-state index contributed by atoms with van der Waals surface area (Å²) in [6.45, 7) is 2.05. The Balaban J connectivity index is 1.89. The topological polar surface area (TPSA) is 93.4 Å². The number of nitrogen functional groups attached to an aromatic ring is 1. The van der Waals surface area contributed by atoms with Crippen molar-refractivity contribution in [2.75, 3.05) is 5.73 Å². The van der Waals surface area contributed by atoms with Crippen LogP contribution in [0.2, 0.25) is 0 Å². The van der Waals surface area contributed by atoms with Gasteiger partial charge >= 0.3 is 0 Å². The first-order valence-electron chi connectivity index (χ1n) is 7.76. The number of anilines is 1. The van der Waals surface area contributed by atoms with Gasteiger partial charge in [0.05, 0.1) is 5.69 Å². The zero-order valence-corrected chi connectivity index (χ0v) is 13.2. The van der Waals surface area contributed by atoms with Gasteiger partial charge in [-0.2, -0.15) is 0 Å². The summed E-state index contributed by atoms with van der Waals surface area (Å²) in [5.74, 6) is 0.289. The molecule has 0 aliphatic rings. The number of nitrogens with one attached hydrogen (secondary N) is 1. The molecule has 0 aromatic carbocycles. The molecule has 0 fully saturated rings. The maximum absolute atomic E-state index is 5.85. The van der Waals surface area contributed by atoms with Gasteiger partial charge in [0.1, 0.15) is 5.65 Å². The van der Waals surface area contributed by atoms with E-state index in [2.05, 4.69) is 31.0 Å². The van der Waals surface area contributed by atoms with Gasteiger partial charge in [0.25, 0.3) is 0 Å². The molecule has 0 atom stereocenters. The van der Waals surface area contributed by atoms with Gasteiger partial charge in [0.2, 0.25) is 5.95 Å². The Morgan fingerprint density at radius 1 is 1.08 bits per heavy atom. The number of aromatic nitrogens is 5. The summed E-state index contributed by atoms with van der Waals surface area (Å²) in [5, 5.41) is 1.00. The molecule has 0 amide bonds. The van der Waals surface area contributed by atoms with Gasteiger partial charge in [-0.3, -0.25) is 4.98 Å². The third-order valence-corrected chi connectivity index (χ3v) is 3.98. The Labute approximate surface area is 138 Å². The molecule has 0 spiro atoms. The zero-order valence-electron chi connectivity index (χ0n) is 13.2. The normalized spacial score (nSPS) is 11.0. The first-order chi connectivity index (χ1) is 11.7. The fourth-order valence-corrected chi connectivity index (χ4v) is 2.75. The number of aromatic amines is 1. The predicted molar refractivity (Wildman–Crippen MR) is 94.1 cm³/mol. The predicted octanol–water partition coefficient (Wildman–Crippen LogP) is 3.23. The van der Waals surface area contributed by atoms with Crippen LogP contribution in [0.5, 0.6) is 0 Å². The van der Waals surface area contributed by atoms with Crippen molar-refractivity contribution in [3.8, 4) is 22.4 Å². The molecule has 24 heavy (non-hydrogen) atoms. The molecule has 0 aliphatic carbocycles. The third-order valence-electron chi connectivity index (χ3n) is 3.98. The van der Waals surface area contributed by atoms with Crippen LogP contribution in [0, 0.1) is 0 Å². The van der Waals surface area contributed by atoms with Crippen LogP contribution in [0.4, 0.5) is 5.95 Å². The minimum absolute atomic E-state index is 0.289. The van der Waals surface area contributed by atoms with Crippen LogP contribution in [0.15, 0.2) is 49.1 Å². The molecule has 4 rings (SSSR count). The molecule has 0 aliphatic heterocycles. The van der Waals surface area contributed by atoms with Crippen molar-refractivity contribution >= 4 is 17.0 Å². The smallest absolute Gasteiger partial charge is 0.220 e. The van der Waals surface area contributed by atoms with Crippen LogP contribution >= 0.6 is 0 Å². The lowest BCUT2D eigenvalue weighted by molar-refractivity contribution is 1.01. The molecule has 4 heterocycles. The number of hydrogen-bond acceptors (Lipinski definition) is 5. The SMILES string of the molecule is CCc1cc(-c2c[nH]c3ncc(-c4ccncc4)cc23)nc(N)n1. The van der Waals surface area contributed by atoms with Gasteiger partial charge in [0.15, 0.2) is 0 Å². The van der Waals surface area contributed by atoms with Crippen molar-refractivity contribution in [3.63, 3.8) is 0 Å². The Bertz CT molecular complexity index is 1010. The van der Waals surface area contributed by atoms with Crippen molar-refractivity contribution in [1.29, 1.82) is 0 Å². The molecule has 6 heteroatoms. The summed E-state index contributed by atoms with van der Waals surface area (Å²) in [5.41, 5.74) is 11.5. The minimum atomic E-state index is 0.289. The molecule has 4 aromatic heterocycles. The number of pyridine rings is 2. The molecule has 0 bridgehead atoms. The molecule has 0 saturated carbocycles. The van der Waals surface area contributed by atoms with E-state index in [1.807, 2.05) is 37.5 Å². The second kappa shape index (κ2) is 5.73. The average Bonchev–Trinajstić information content (AvgIpc) is 3.05. The first kappa shape index (κ1) is 14.3. The molecule has 118 valence electrons. The number of rotatable bonds is 3. The van der Waals surface area contributed by atoms with Crippen molar-refractivity contribution in [3.05, 3.63) is 54.7 Å². The lowest BCUT2D eigenvalue weighted by Crippen LogP contribution is -2.00. The van der Waals surface area contributed by atoms with E-state index in [-0.39, 0.29) is 5.95 Å². The highest BCUT2D eigenvalue weighted by molar-refractivity contribution is 5.95. The van der Waals surface area contributed by atoms with E-state index < -0.39 is 0 Å². The van der Waals surface area contributed by atoms with E-state index in [0.717, 1.165) is 45.5 Å². The molecule has 6 nitrogen and oxygen atoms in total. The van der Waals surface area contributed by atoms with E-state index in [4.69, 9.17) is 5.73 Å². The van der Waals surface area contributed by atoms with Gasteiger partial charge in [-0.15, -0.1) is 0 Å². The zero-order chi connectivity index (χ0) is 16.5. The first-order valence-corrected chi connectivity index (χ1v) is 7.76. The van der Waals surface area contributed by atoms with Gasteiger partial charge in [-0.05, 0) is 36.2 Å². The Morgan fingerprint density at radius 2 is 1.92 bits per heavy atom. The van der Waals surface area contributed by atoms with Crippen LogP contribution in [-0.2, 0) is 6.42 Å². The molecule has 4 aromatic rings. The van der Waals surface area contributed by atoms with Gasteiger partial charge < -0.3 is 10.7 Å². The number of nitrogens with two attached hydrogens (primary N) is 1. The second-order valence-electron chi connectivity index (χ2n) is 5.51. The number of nitrogens with zero attached hydrogens (tertiary/aromatic N) is 4. The van der Waals surface area contributed by atoms with Crippen LogP contribution in [0.3, 0.4) is 0 Å². The number of H-pyrrole nitrogens is 1. The van der Waals surface area contributed by atoms with Crippen LogP contribution in [0.25, 0.3) is 33.4 Å². The van der Waals surface area contributed by atoms with E-state index in [9.17, 15) is 0 Å². The summed E-state index contributed by atoms with van der Waals surface area (Å²) in [6, 6.07) is 8.01. The molecule has 0 radical (unpaired) electrons. The van der Waals surface area contributed by atoms with Crippen LogP contribution in [-0.4, -0.2) is 24.9 Å². The maximum Gasteiger partial charge on any atom is 0.220 e. The van der Waals surface area contributed by atoms with E-state index >= 15 is 0 Å². The Morgan fingerprint density at radius 3 is 2.71 bits per heavy atom. The molecule has 3 N–H and O–H groups in total. The Kier molecular flexibility index (Phi) is 3.42. The van der Waals surface area contributed by atoms with Crippen molar-refractivity contribution < 1.29 is 0 Å². The van der Waals surface area contributed by atoms with E-state index in [0.29, 0.717) is 0 Å². The quantitative estimate of drug-likeness (QED) is 0.605. The fraction of sp³-hybridized carbons (Fsp3) is 0.111. The Hall–Kier alpha value is -3.28. The van der Waals surface area contributed by atoms with E-state index in [1.54, 1.807) is 12.4 Å². The summed E-state index contributed by atoms with van der Waals surface area (Å²) in [4.78, 5) is 20.4. The largest absolute Gasteiger partial charge is 0.368 e. The third kappa shape index (κ3) is 2.48. The molecular formula is C18H16N6. The van der Waals surface area contributed by atoms with Crippen molar-refractivity contribution in [2.45, 2.75) is 13.3 Å². The number of fused-ring (bicyclic) bond motifs is 1. The highest BCUT2D eigenvalue weighted by atomic mass is 15.0. The second-order valence-corrected chi connectivity index (χ2v) is 5.51. The van der Waals surface area contributed by atoms with Crippen molar-refractivity contribution in [2.24, 2.45) is 0 Å². The molecule has 0 saturated heterocycles. The number of hydrogen-bond donors (Lipinski definition) is 2. The van der Waals surface area contributed by atoms with Gasteiger partial charge in [0, 0.05) is 47.0 Å². The summed E-state index contributed by atoms with van der Waals surface area (Å²) < 4.78 is 0. The monoisotopic (exact) mass is 316 g/mol. The average molecular weight is 316 g/mol. The number of aryl methyl sites for hydroxylation is 1. The van der Waals surface area contributed by atoms with Crippen molar-refractivity contribution in [1.82, 2.24) is 24.9 Å². The summed E-state index contributed by atoms with van der Waals surface area (Å²) >= 11 is 0. The highest BCUT2D eigenvalue weighted by Gasteiger charge is 2.12. The summed E-state index contributed by atoms with van der Waals surface area (Å²) in [7, 11) is 0. The van der Waals surface area contributed by atoms with Crippen LogP contribution in [0.1, 0.15) is 12.6 Å². The lowest BCUT2D eigenvalue weighted by Gasteiger charge is -2.05. The summed E-state index contributed by atoms with van der Waals surface area (Å²) in [6.07, 6.45) is 8.12. The fourth-order valence-electron chi connectivity index (χ4n) is 2.75. The van der Waals surface area contributed by atoms with Gasteiger partial charge in [-0.25, -0.2) is 15.0 Å².